The van der Waals surface area contributed by atoms with E-state index >= 15 is 0 Å². The van der Waals surface area contributed by atoms with E-state index in [4.69, 9.17) is 4.19 Å². The van der Waals surface area contributed by atoms with Crippen LogP contribution in [0.2, 0.25) is 0 Å². The first-order chi connectivity index (χ1) is 1.91. The summed E-state index contributed by atoms with van der Waals surface area (Å²) in [6.07, 6.45) is 0. The Morgan fingerprint density at radius 1 is 2.00 bits per heavy atom. The molecule has 0 fully saturated rings. The van der Waals surface area contributed by atoms with Crippen LogP contribution < -0.4 is 0 Å². The van der Waals surface area contributed by atoms with Crippen LogP contribution in [0.1, 0.15) is 0 Å². The first-order valence-corrected chi connectivity index (χ1v) is 2.58. The zero-order valence-corrected chi connectivity index (χ0v) is 3.85. The molecule has 0 amide bonds. The van der Waals surface area contributed by atoms with E-state index in [1.54, 1.807) is 0 Å². The van der Waals surface area contributed by atoms with Crippen LogP contribution in [0.3, 0.4) is 0 Å². The molecular weight excluding hydrogens is 119 g/mol. The Labute approximate surface area is 31.8 Å². The Morgan fingerprint density at radius 3 is 2.25 bits per heavy atom. The molecule has 0 heterocycles. The van der Waals surface area contributed by atoms with E-state index in [0.717, 1.165) is 0 Å². The molecule has 0 unspecified atom stereocenters. The molecule has 0 radical (unpaired) electrons. The van der Waals surface area contributed by atoms with Crippen LogP contribution in [-0.2, 0) is 0 Å². The fourth-order valence-electron chi connectivity index (χ4n) is 0. The van der Waals surface area contributed by atoms with Crippen molar-refractivity contribution >= 4 is 15.3 Å². The summed E-state index contributed by atoms with van der Waals surface area (Å²) in [6.45, 7) is 3.26. The second-order valence-corrected chi connectivity index (χ2v) is 1.41. The molecule has 0 aliphatic heterocycles. The van der Waals surface area contributed by atoms with E-state index < -0.39 is 0 Å². The van der Waals surface area contributed by atoms with Gasteiger partial charge in [-0.05, 0) is 0 Å². The molecule has 0 aliphatic carbocycles. The average Bonchev–Trinajstić information content (AvgIpc) is 1.37. The van der Waals surface area contributed by atoms with E-state index in [9.17, 15) is 0 Å². The summed E-state index contributed by atoms with van der Waals surface area (Å²) in [5.74, 6) is 0. The molecule has 0 aromatic heterocycles. The molecule has 0 saturated heterocycles. The minimum atomic E-state index is -0.319. The third kappa shape index (κ3) is 2.22. The maximum absolute atomic E-state index is 7.82. The molecule has 0 rings (SSSR count). The van der Waals surface area contributed by atoms with E-state index in [0.29, 0.717) is 0 Å². The molecule has 4 heavy (non-hydrogen) atoms. The van der Waals surface area contributed by atoms with Gasteiger partial charge in [0.1, 0.15) is 0 Å². The zero-order valence-electron chi connectivity index (χ0n) is 2.14. The van der Waals surface area contributed by atoms with Crippen molar-refractivity contribution in [3.63, 3.8) is 0 Å². The molecule has 2 heteroatoms. The van der Waals surface area contributed by atoms with Gasteiger partial charge in [0.2, 0.25) is 0 Å². The maximum atomic E-state index is 7.82. The van der Waals surface area contributed by atoms with Gasteiger partial charge in [-0.15, -0.1) is 0 Å². The van der Waals surface area contributed by atoms with Crippen LogP contribution in [0.25, 0.3) is 0 Å². The summed E-state index contributed by atoms with van der Waals surface area (Å²) >= 11 is -0.319. The van der Waals surface area contributed by atoms with Gasteiger partial charge < -0.3 is 0 Å². The van der Waals surface area contributed by atoms with Crippen molar-refractivity contribution in [2.24, 2.45) is 0 Å². The fourth-order valence-corrected chi connectivity index (χ4v) is 0. The van der Waals surface area contributed by atoms with E-state index in [2.05, 4.69) is 6.58 Å². The second kappa shape index (κ2) is 3.22. The van der Waals surface area contributed by atoms with Crippen molar-refractivity contribution in [1.29, 1.82) is 0 Å². The topological polar surface area (TPSA) is 20.2 Å². The van der Waals surface area contributed by atoms with Gasteiger partial charge in [-0.3, -0.25) is 0 Å². The molecule has 0 aromatic rings. The Balaban J connectivity index is 2.30. The van der Waals surface area contributed by atoms with Crippen LogP contribution >= 0.6 is 0 Å². The van der Waals surface area contributed by atoms with Crippen molar-refractivity contribution in [2.45, 2.75) is 0 Å². The molecule has 1 nitrogen and oxygen atoms in total. The van der Waals surface area contributed by atoms with Gasteiger partial charge >= 0.3 is 31.0 Å². The third-order valence-corrected chi connectivity index (χ3v) is 0.387. The Bertz CT molecular complexity index is 20.0. The average molecular weight is 123 g/mol. The summed E-state index contributed by atoms with van der Waals surface area (Å²) in [6, 6.07) is 0. The molecule has 0 saturated carbocycles. The van der Waals surface area contributed by atoms with Crippen molar-refractivity contribution in [3.05, 3.63) is 11.6 Å². The van der Waals surface area contributed by atoms with Gasteiger partial charge in [-0.1, -0.05) is 0 Å². The van der Waals surface area contributed by atoms with Gasteiger partial charge in [-0.2, -0.15) is 0 Å². The van der Waals surface area contributed by atoms with Crippen molar-refractivity contribution in [1.82, 2.24) is 0 Å². The molecule has 1 N–H and O–H groups in total. The van der Waals surface area contributed by atoms with Crippen LogP contribution in [0, 0.1) is 0 Å². The molecule has 0 spiro atoms. The van der Waals surface area contributed by atoms with Crippen LogP contribution in [0.4, 0.5) is 0 Å². The Kier molecular flexibility index (Phi) is 3.40. The van der Waals surface area contributed by atoms with Crippen molar-refractivity contribution in [3.8, 4) is 0 Å². The number of rotatable bonds is 1. The first kappa shape index (κ1) is 4.22. The Morgan fingerprint density at radius 2 is 2.25 bits per heavy atom. The molecule has 0 aliphatic rings. The van der Waals surface area contributed by atoms with Crippen LogP contribution in [-0.4, -0.2) is 19.5 Å². The van der Waals surface area contributed by atoms with Gasteiger partial charge in [-0.25, -0.2) is 0 Å². The normalized spacial score (nSPS) is 6.25. The van der Waals surface area contributed by atoms with E-state index in [-0.39, 0.29) is 15.3 Å². The predicted octanol–water partition coefficient (Wildman–Crippen LogP) is -0.259. The van der Waals surface area contributed by atoms with Gasteiger partial charge in [0.05, 0.1) is 0 Å². The number of hydrogen-bond donors (Lipinski definition) is 1. The van der Waals surface area contributed by atoms with Gasteiger partial charge in [0.15, 0.2) is 0 Å². The molecule has 24 valence electrons. The Hall–Kier alpha value is 0.219. The zero-order chi connectivity index (χ0) is 3.41. The molecule has 0 aromatic carbocycles. The minimum absolute atomic E-state index is 0.319. The quantitative estimate of drug-likeness (QED) is 0.476. The summed E-state index contributed by atoms with van der Waals surface area (Å²) in [5.41, 5.74) is 0. The summed E-state index contributed by atoms with van der Waals surface area (Å²) < 4.78 is 7.82. The predicted molar refractivity (Wildman–Crippen MR) is 18.2 cm³/mol. The van der Waals surface area contributed by atoms with Crippen molar-refractivity contribution in [2.75, 3.05) is 0 Å². The van der Waals surface area contributed by atoms with Gasteiger partial charge in [0.25, 0.3) is 0 Å². The standard InChI is InChI=1S/C2H4OSe/c1-2-4-3/h2-3H,1H2. The number of hydrogen-bond acceptors (Lipinski definition) is 1. The van der Waals surface area contributed by atoms with Crippen LogP contribution in [0.5, 0.6) is 0 Å². The van der Waals surface area contributed by atoms with E-state index in [1.807, 2.05) is 0 Å². The first-order valence-electron chi connectivity index (χ1n) is 0.827. The second-order valence-electron chi connectivity index (χ2n) is 0.272. The summed E-state index contributed by atoms with van der Waals surface area (Å²) in [7, 11) is 0. The van der Waals surface area contributed by atoms with Crippen molar-refractivity contribution < 1.29 is 4.19 Å². The summed E-state index contributed by atoms with van der Waals surface area (Å²) in [5, 5.41) is 0. The SMILES string of the molecule is C=C[Se]O. The fraction of sp³-hybridized carbons (Fsp3) is 0. The molecular formula is C2H4OSe. The monoisotopic (exact) mass is 124 g/mol. The van der Waals surface area contributed by atoms with Gasteiger partial charge in [0, 0.05) is 0 Å². The molecule has 0 atom stereocenters. The summed E-state index contributed by atoms with van der Waals surface area (Å²) in [4.78, 5) is 1.49. The molecule has 0 bridgehead atoms. The van der Waals surface area contributed by atoms with E-state index in [1.165, 1.54) is 4.97 Å². The van der Waals surface area contributed by atoms with Crippen LogP contribution in [0.15, 0.2) is 11.6 Å². The third-order valence-electron chi connectivity index (χ3n) is 0.0745.